The van der Waals surface area contributed by atoms with E-state index in [0.29, 0.717) is 24.6 Å². The average molecular weight is 490 g/mol. The molecule has 10 heteroatoms. The number of amides is 2. The summed E-state index contributed by atoms with van der Waals surface area (Å²) in [6, 6.07) is 11.3. The summed E-state index contributed by atoms with van der Waals surface area (Å²) < 4.78 is 38.2. The Labute approximate surface area is 200 Å². The third kappa shape index (κ3) is 6.27. The molecular weight excluding hydrogens is 458 g/mol. The Hall–Kier alpha value is -3.11. The van der Waals surface area contributed by atoms with Crippen molar-refractivity contribution >= 4 is 21.8 Å². The predicted octanol–water partition coefficient (Wildman–Crippen LogP) is 2.27. The Morgan fingerprint density at radius 2 is 1.76 bits per heavy atom. The molecule has 2 aromatic carbocycles. The van der Waals surface area contributed by atoms with Crippen LogP contribution in [0.2, 0.25) is 0 Å². The summed E-state index contributed by atoms with van der Waals surface area (Å²) in [6.07, 6.45) is 2.72. The molecule has 2 amide bonds. The summed E-state index contributed by atoms with van der Waals surface area (Å²) in [4.78, 5) is 26.0. The number of likely N-dealkylation sites (N-methyl/N-ethyl adjacent to an activating group) is 1. The van der Waals surface area contributed by atoms with E-state index in [0.717, 1.165) is 24.8 Å². The van der Waals surface area contributed by atoms with E-state index in [1.807, 2.05) is 0 Å². The molecule has 0 spiro atoms. The number of piperidine rings is 1. The van der Waals surface area contributed by atoms with Crippen LogP contribution < -0.4 is 14.8 Å². The standard InChI is InChI=1S/C24H31N3O6S/c1-26(2)23(28)17-33-21-11-10-18(14-22(21)32-3)16-25-24(29)19-8-7-9-20(15-19)34(30,31)27-12-5-4-6-13-27/h7-11,14-15H,4-6,12-13,16-17H2,1-3H3,(H,25,29). The monoisotopic (exact) mass is 489 g/mol. The predicted molar refractivity (Wildman–Crippen MR) is 127 cm³/mol. The van der Waals surface area contributed by atoms with Crippen molar-refractivity contribution in [3.63, 3.8) is 0 Å². The van der Waals surface area contributed by atoms with Crippen molar-refractivity contribution in [2.75, 3.05) is 40.9 Å². The largest absolute Gasteiger partial charge is 0.493 e. The number of methoxy groups -OCH3 is 1. The Kier molecular flexibility index (Phi) is 8.51. The molecule has 0 aliphatic carbocycles. The van der Waals surface area contributed by atoms with Crippen LogP contribution in [0.15, 0.2) is 47.4 Å². The van der Waals surface area contributed by atoms with Crippen molar-refractivity contribution in [2.24, 2.45) is 0 Å². The third-order valence-electron chi connectivity index (χ3n) is 5.58. The normalized spacial score (nSPS) is 14.3. The Morgan fingerprint density at radius 1 is 1.03 bits per heavy atom. The zero-order valence-electron chi connectivity index (χ0n) is 19.7. The van der Waals surface area contributed by atoms with E-state index in [-0.39, 0.29) is 35.4 Å². The Bertz CT molecular complexity index is 1130. The van der Waals surface area contributed by atoms with Gasteiger partial charge in [0.25, 0.3) is 11.8 Å². The number of rotatable bonds is 9. The molecule has 0 saturated carbocycles. The molecule has 0 aromatic heterocycles. The van der Waals surface area contributed by atoms with Gasteiger partial charge in [-0.3, -0.25) is 9.59 Å². The number of nitrogens with zero attached hydrogens (tertiary/aromatic N) is 2. The number of benzene rings is 2. The van der Waals surface area contributed by atoms with Gasteiger partial charge < -0.3 is 19.7 Å². The highest BCUT2D eigenvalue weighted by molar-refractivity contribution is 7.89. The van der Waals surface area contributed by atoms with Gasteiger partial charge >= 0.3 is 0 Å². The highest BCUT2D eigenvalue weighted by atomic mass is 32.2. The van der Waals surface area contributed by atoms with Crippen molar-refractivity contribution in [1.82, 2.24) is 14.5 Å². The van der Waals surface area contributed by atoms with E-state index in [9.17, 15) is 18.0 Å². The number of sulfonamides is 1. The quantitative estimate of drug-likeness (QED) is 0.579. The van der Waals surface area contributed by atoms with Gasteiger partial charge in [0.05, 0.1) is 12.0 Å². The first kappa shape index (κ1) is 25.5. The van der Waals surface area contributed by atoms with E-state index in [4.69, 9.17) is 9.47 Å². The molecule has 1 aliphatic heterocycles. The SMILES string of the molecule is COc1cc(CNC(=O)c2cccc(S(=O)(=O)N3CCCCC3)c2)ccc1OCC(=O)N(C)C. The lowest BCUT2D eigenvalue weighted by Crippen LogP contribution is -2.35. The fourth-order valence-electron chi connectivity index (χ4n) is 3.55. The van der Waals surface area contributed by atoms with E-state index in [1.54, 1.807) is 44.4 Å². The summed E-state index contributed by atoms with van der Waals surface area (Å²) in [5.74, 6) is 0.297. The molecule has 3 rings (SSSR count). The second-order valence-electron chi connectivity index (χ2n) is 8.24. The number of ether oxygens (including phenoxy) is 2. The molecule has 0 unspecified atom stereocenters. The molecule has 1 heterocycles. The molecule has 2 aromatic rings. The molecule has 1 saturated heterocycles. The molecule has 1 fully saturated rings. The topological polar surface area (TPSA) is 105 Å². The lowest BCUT2D eigenvalue weighted by molar-refractivity contribution is -0.130. The fraction of sp³-hybridized carbons (Fsp3) is 0.417. The smallest absolute Gasteiger partial charge is 0.259 e. The van der Waals surface area contributed by atoms with Crippen molar-refractivity contribution in [3.8, 4) is 11.5 Å². The molecule has 9 nitrogen and oxygen atoms in total. The Balaban J connectivity index is 1.65. The van der Waals surface area contributed by atoms with E-state index >= 15 is 0 Å². The maximum absolute atomic E-state index is 12.9. The van der Waals surface area contributed by atoms with Gasteiger partial charge in [-0.1, -0.05) is 18.6 Å². The summed E-state index contributed by atoms with van der Waals surface area (Å²) >= 11 is 0. The fourth-order valence-corrected chi connectivity index (χ4v) is 5.11. The van der Waals surface area contributed by atoms with Crippen LogP contribution in [0.1, 0.15) is 35.2 Å². The number of hydrogen-bond acceptors (Lipinski definition) is 6. The highest BCUT2D eigenvalue weighted by Gasteiger charge is 2.26. The third-order valence-corrected chi connectivity index (χ3v) is 7.47. The van der Waals surface area contributed by atoms with E-state index in [2.05, 4.69) is 5.32 Å². The molecule has 1 aliphatic rings. The van der Waals surface area contributed by atoms with Gasteiger partial charge in [0.2, 0.25) is 10.0 Å². The second-order valence-corrected chi connectivity index (χ2v) is 10.2. The van der Waals surface area contributed by atoms with Gasteiger partial charge in [0.15, 0.2) is 18.1 Å². The summed E-state index contributed by atoms with van der Waals surface area (Å²) in [5.41, 5.74) is 1.03. The van der Waals surface area contributed by atoms with Gasteiger partial charge in [-0.15, -0.1) is 0 Å². The lowest BCUT2D eigenvalue weighted by atomic mass is 10.1. The zero-order chi connectivity index (χ0) is 24.7. The van der Waals surface area contributed by atoms with Gasteiger partial charge in [-0.05, 0) is 48.7 Å². The maximum atomic E-state index is 12.9. The zero-order valence-corrected chi connectivity index (χ0v) is 20.6. The maximum Gasteiger partial charge on any atom is 0.259 e. The first-order valence-electron chi connectivity index (χ1n) is 11.1. The highest BCUT2D eigenvalue weighted by Crippen LogP contribution is 2.28. The number of carbonyl (C=O) groups is 2. The molecule has 0 radical (unpaired) electrons. The van der Waals surface area contributed by atoms with Gasteiger partial charge in [0, 0.05) is 39.3 Å². The number of carbonyl (C=O) groups excluding carboxylic acids is 2. The number of nitrogens with one attached hydrogen (secondary N) is 1. The van der Waals surface area contributed by atoms with Crippen molar-refractivity contribution in [2.45, 2.75) is 30.7 Å². The molecule has 1 N–H and O–H groups in total. The average Bonchev–Trinajstić information content (AvgIpc) is 2.86. The molecule has 0 bridgehead atoms. The first-order chi connectivity index (χ1) is 16.2. The van der Waals surface area contributed by atoms with Crippen LogP contribution in [0.25, 0.3) is 0 Å². The minimum absolute atomic E-state index is 0.115. The Morgan fingerprint density at radius 3 is 2.44 bits per heavy atom. The van der Waals surface area contributed by atoms with Crippen LogP contribution in [-0.2, 0) is 21.4 Å². The lowest BCUT2D eigenvalue weighted by Gasteiger charge is -2.26. The second kappa shape index (κ2) is 11.3. The summed E-state index contributed by atoms with van der Waals surface area (Å²) in [6.45, 7) is 1.10. The number of hydrogen-bond donors (Lipinski definition) is 1. The van der Waals surface area contributed by atoms with E-state index in [1.165, 1.54) is 28.4 Å². The minimum Gasteiger partial charge on any atom is -0.493 e. The summed E-state index contributed by atoms with van der Waals surface area (Å²) in [5, 5.41) is 2.80. The molecule has 184 valence electrons. The van der Waals surface area contributed by atoms with Crippen molar-refractivity contribution in [3.05, 3.63) is 53.6 Å². The van der Waals surface area contributed by atoms with Gasteiger partial charge in [-0.2, -0.15) is 4.31 Å². The van der Waals surface area contributed by atoms with Crippen LogP contribution in [0.4, 0.5) is 0 Å². The minimum atomic E-state index is -3.62. The van der Waals surface area contributed by atoms with Crippen molar-refractivity contribution in [1.29, 1.82) is 0 Å². The van der Waals surface area contributed by atoms with Crippen LogP contribution in [0.5, 0.6) is 11.5 Å². The first-order valence-corrected chi connectivity index (χ1v) is 12.5. The van der Waals surface area contributed by atoms with Crippen LogP contribution >= 0.6 is 0 Å². The van der Waals surface area contributed by atoms with Crippen LogP contribution in [-0.4, -0.2) is 70.3 Å². The van der Waals surface area contributed by atoms with Crippen molar-refractivity contribution < 1.29 is 27.5 Å². The summed E-state index contributed by atoms with van der Waals surface area (Å²) in [7, 11) is 1.17. The van der Waals surface area contributed by atoms with Gasteiger partial charge in [0.1, 0.15) is 0 Å². The molecule has 0 atom stereocenters. The van der Waals surface area contributed by atoms with Crippen LogP contribution in [0.3, 0.4) is 0 Å². The molecular formula is C24H31N3O6S. The van der Waals surface area contributed by atoms with Crippen LogP contribution in [0, 0.1) is 0 Å². The van der Waals surface area contributed by atoms with Gasteiger partial charge in [-0.25, -0.2) is 8.42 Å². The van der Waals surface area contributed by atoms with E-state index < -0.39 is 10.0 Å². The molecule has 34 heavy (non-hydrogen) atoms.